The molecule has 3 heterocycles. The molecule has 1 amide bonds. The summed E-state index contributed by atoms with van der Waals surface area (Å²) in [6.07, 6.45) is 6.80. The van der Waals surface area contributed by atoms with Gasteiger partial charge in [-0.15, -0.1) is 0 Å². The number of pyridine rings is 2. The summed E-state index contributed by atoms with van der Waals surface area (Å²) in [6.45, 7) is 0.750. The van der Waals surface area contributed by atoms with E-state index in [0.717, 1.165) is 50.0 Å². The second kappa shape index (κ2) is 6.23. The number of rotatable bonds is 3. The lowest BCUT2D eigenvalue weighted by molar-refractivity contribution is 0.0728. The van der Waals surface area contributed by atoms with Crippen LogP contribution in [0.25, 0.3) is 0 Å². The van der Waals surface area contributed by atoms with E-state index in [1.165, 1.54) is 5.56 Å². The third-order valence-electron chi connectivity index (χ3n) is 4.98. The second-order valence-corrected chi connectivity index (χ2v) is 6.42. The maximum atomic E-state index is 13.2. The monoisotopic (exact) mass is 323 g/mol. The lowest BCUT2D eigenvalue weighted by Crippen LogP contribution is -2.31. The molecule has 0 aromatic carbocycles. The summed E-state index contributed by atoms with van der Waals surface area (Å²) in [7, 11) is 1.58. The number of methoxy groups -OCH3 is 1. The Morgan fingerprint density at radius 2 is 2.21 bits per heavy atom. The lowest BCUT2D eigenvalue weighted by atomic mass is 10.1. The summed E-state index contributed by atoms with van der Waals surface area (Å²) in [5.74, 6) is 0.453. The fraction of sp³-hybridized carbons (Fsp3) is 0.421. The highest BCUT2D eigenvalue weighted by atomic mass is 16.5. The molecule has 4 rings (SSSR count). The molecule has 5 heteroatoms. The number of aromatic nitrogens is 2. The van der Waals surface area contributed by atoms with Crippen molar-refractivity contribution in [3.8, 4) is 5.88 Å². The van der Waals surface area contributed by atoms with E-state index in [1.54, 1.807) is 13.3 Å². The molecule has 1 aliphatic carbocycles. The Hall–Kier alpha value is -2.43. The van der Waals surface area contributed by atoms with Gasteiger partial charge in [0.1, 0.15) is 5.56 Å². The molecule has 2 aromatic heterocycles. The Labute approximate surface area is 141 Å². The Balaban J connectivity index is 1.68. The van der Waals surface area contributed by atoms with E-state index in [9.17, 15) is 4.79 Å². The molecule has 1 aliphatic heterocycles. The third kappa shape index (κ3) is 2.54. The Morgan fingerprint density at radius 1 is 1.29 bits per heavy atom. The number of ether oxygens (including phenoxy) is 1. The van der Waals surface area contributed by atoms with E-state index in [0.29, 0.717) is 11.4 Å². The first-order valence-electron chi connectivity index (χ1n) is 8.56. The minimum atomic E-state index is 0.00204. The van der Waals surface area contributed by atoms with E-state index < -0.39 is 0 Å². The molecule has 0 spiro atoms. The summed E-state index contributed by atoms with van der Waals surface area (Å²) >= 11 is 0. The Bertz CT molecular complexity index is 761. The van der Waals surface area contributed by atoms with E-state index in [-0.39, 0.29) is 11.9 Å². The molecule has 2 aromatic rings. The normalized spacial score (nSPS) is 19.4. The quantitative estimate of drug-likeness (QED) is 0.871. The van der Waals surface area contributed by atoms with Crippen LogP contribution in [0.15, 0.2) is 30.5 Å². The van der Waals surface area contributed by atoms with Crippen molar-refractivity contribution in [1.82, 2.24) is 14.9 Å². The van der Waals surface area contributed by atoms with Crippen LogP contribution in [-0.4, -0.2) is 34.4 Å². The van der Waals surface area contributed by atoms with Crippen molar-refractivity contribution in [3.63, 3.8) is 0 Å². The van der Waals surface area contributed by atoms with Gasteiger partial charge in [0.05, 0.1) is 18.8 Å². The van der Waals surface area contributed by atoms with Crippen molar-refractivity contribution in [2.75, 3.05) is 13.7 Å². The van der Waals surface area contributed by atoms with Gasteiger partial charge in [0.15, 0.2) is 0 Å². The molecular formula is C19H21N3O2. The molecule has 5 nitrogen and oxygen atoms in total. The smallest absolute Gasteiger partial charge is 0.259 e. The van der Waals surface area contributed by atoms with E-state index >= 15 is 0 Å². The highest BCUT2D eigenvalue weighted by Gasteiger charge is 2.33. The van der Waals surface area contributed by atoms with Gasteiger partial charge >= 0.3 is 0 Å². The highest BCUT2D eigenvalue weighted by Crippen LogP contribution is 2.34. The molecule has 2 aliphatic rings. The first kappa shape index (κ1) is 15.1. The number of carbonyl (C=O) groups excluding carboxylic acids is 1. The standard InChI is InChI=1S/C19H21N3O2/c1-24-18-14(12-13-6-4-8-15(13)21-18)19(23)22-11-5-9-17(22)16-7-2-3-10-20-16/h2-3,7,10,12,17H,4-6,8-9,11H2,1H3/t17-/m0/s1. The number of nitrogens with zero attached hydrogens (tertiary/aromatic N) is 3. The van der Waals surface area contributed by atoms with Crippen molar-refractivity contribution < 1.29 is 9.53 Å². The van der Waals surface area contributed by atoms with E-state index in [2.05, 4.69) is 9.97 Å². The molecule has 24 heavy (non-hydrogen) atoms. The van der Waals surface area contributed by atoms with Gasteiger partial charge in [-0.1, -0.05) is 6.07 Å². The number of fused-ring (bicyclic) bond motifs is 1. The minimum absolute atomic E-state index is 0.00204. The molecule has 1 saturated heterocycles. The summed E-state index contributed by atoms with van der Waals surface area (Å²) in [4.78, 5) is 24.1. The number of hydrogen-bond acceptors (Lipinski definition) is 4. The Morgan fingerprint density at radius 3 is 3.00 bits per heavy atom. The average molecular weight is 323 g/mol. The predicted molar refractivity (Wildman–Crippen MR) is 90.1 cm³/mol. The summed E-state index contributed by atoms with van der Waals surface area (Å²) in [5.41, 5.74) is 3.80. The van der Waals surface area contributed by atoms with Gasteiger partial charge in [-0.05, 0) is 55.9 Å². The van der Waals surface area contributed by atoms with Crippen molar-refractivity contribution in [2.45, 2.75) is 38.1 Å². The molecule has 1 atom stereocenters. The van der Waals surface area contributed by atoms with Crippen LogP contribution in [0.5, 0.6) is 5.88 Å². The highest BCUT2D eigenvalue weighted by molar-refractivity contribution is 5.97. The number of carbonyl (C=O) groups is 1. The van der Waals surface area contributed by atoms with Crippen molar-refractivity contribution in [3.05, 3.63) is 53.0 Å². The van der Waals surface area contributed by atoms with Gasteiger partial charge in [0, 0.05) is 18.4 Å². The number of hydrogen-bond donors (Lipinski definition) is 0. The van der Waals surface area contributed by atoms with Crippen molar-refractivity contribution in [2.24, 2.45) is 0 Å². The van der Waals surface area contributed by atoms with Crippen LogP contribution in [0.4, 0.5) is 0 Å². The fourth-order valence-electron chi connectivity index (χ4n) is 3.81. The number of aryl methyl sites for hydroxylation is 2. The van der Waals surface area contributed by atoms with Crippen LogP contribution in [0.2, 0.25) is 0 Å². The molecular weight excluding hydrogens is 302 g/mol. The minimum Gasteiger partial charge on any atom is -0.480 e. The van der Waals surface area contributed by atoms with E-state index in [4.69, 9.17) is 4.74 Å². The zero-order chi connectivity index (χ0) is 16.5. The zero-order valence-corrected chi connectivity index (χ0v) is 13.9. The predicted octanol–water partition coefficient (Wildman–Crippen LogP) is 2.95. The molecule has 124 valence electrons. The van der Waals surface area contributed by atoms with Crippen LogP contribution in [-0.2, 0) is 12.8 Å². The fourth-order valence-corrected chi connectivity index (χ4v) is 3.81. The summed E-state index contributed by atoms with van der Waals surface area (Å²) in [6, 6.07) is 7.90. The average Bonchev–Trinajstić information content (AvgIpc) is 3.29. The van der Waals surface area contributed by atoms with Crippen LogP contribution in [0.1, 0.15) is 52.6 Å². The lowest BCUT2D eigenvalue weighted by Gasteiger charge is -2.25. The van der Waals surface area contributed by atoms with Gasteiger partial charge in [-0.3, -0.25) is 9.78 Å². The third-order valence-corrected chi connectivity index (χ3v) is 4.98. The largest absolute Gasteiger partial charge is 0.480 e. The van der Waals surface area contributed by atoms with E-state index in [1.807, 2.05) is 29.2 Å². The molecule has 0 radical (unpaired) electrons. The van der Waals surface area contributed by atoms with Crippen LogP contribution >= 0.6 is 0 Å². The van der Waals surface area contributed by atoms with Gasteiger partial charge in [-0.2, -0.15) is 0 Å². The van der Waals surface area contributed by atoms with Crippen LogP contribution in [0, 0.1) is 0 Å². The maximum Gasteiger partial charge on any atom is 0.259 e. The Kier molecular flexibility index (Phi) is 3.92. The second-order valence-electron chi connectivity index (χ2n) is 6.42. The number of likely N-dealkylation sites (tertiary alicyclic amines) is 1. The first-order chi connectivity index (χ1) is 11.8. The molecule has 0 N–H and O–H groups in total. The summed E-state index contributed by atoms with van der Waals surface area (Å²) < 4.78 is 5.42. The topological polar surface area (TPSA) is 55.3 Å². The molecule has 0 bridgehead atoms. The molecule has 0 unspecified atom stereocenters. The van der Waals surface area contributed by atoms with Gasteiger partial charge in [-0.25, -0.2) is 4.98 Å². The van der Waals surface area contributed by atoms with Gasteiger partial charge in [0.25, 0.3) is 5.91 Å². The maximum absolute atomic E-state index is 13.2. The summed E-state index contributed by atoms with van der Waals surface area (Å²) in [5, 5.41) is 0. The first-order valence-corrected chi connectivity index (χ1v) is 8.56. The van der Waals surface area contributed by atoms with Crippen molar-refractivity contribution in [1.29, 1.82) is 0 Å². The van der Waals surface area contributed by atoms with Gasteiger partial charge in [0.2, 0.25) is 5.88 Å². The van der Waals surface area contributed by atoms with Crippen LogP contribution < -0.4 is 4.74 Å². The SMILES string of the molecule is COc1nc2c(cc1C(=O)N1CCC[C@H]1c1ccccn1)CCC2. The number of amides is 1. The van der Waals surface area contributed by atoms with Gasteiger partial charge < -0.3 is 9.64 Å². The molecule has 1 fully saturated rings. The van der Waals surface area contributed by atoms with Crippen molar-refractivity contribution >= 4 is 5.91 Å². The zero-order valence-electron chi connectivity index (χ0n) is 13.9. The van der Waals surface area contributed by atoms with Crippen LogP contribution in [0.3, 0.4) is 0 Å². The molecule has 0 saturated carbocycles.